The molecule has 0 saturated carbocycles. The van der Waals surface area contributed by atoms with Gasteiger partial charge in [-0.15, -0.1) is 0 Å². The molecule has 0 unspecified atom stereocenters. The van der Waals surface area contributed by atoms with Gasteiger partial charge in [0, 0.05) is 16.3 Å². The Balaban J connectivity index is 1.64. The first-order chi connectivity index (χ1) is 16.8. The topological polar surface area (TPSA) is 66.5 Å². The summed E-state index contributed by atoms with van der Waals surface area (Å²) in [4.78, 5) is 12.9. The van der Waals surface area contributed by atoms with Crippen molar-refractivity contribution in [2.75, 3.05) is 9.62 Å². The summed E-state index contributed by atoms with van der Waals surface area (Å²) in [5.41, 5.74) is 4.21. The number of anilines is 2. The molecule has 4 aromatic carbocycles. The van der Waals surface area contributed by atoms with Crippen LogP contribution in [0.1, 0.15) is 27.0 Å². The first-order valence-corrected chi connectivity index (χ1v) is 12.9. The molecule has 0 heterocycles. The number of halogens is 1. The van der Waals surface area contributed by atoms with Crippen LogP contribution in [0.2, 0.25) is 5.02 Å². The number of hydrogen-bond acceptors (Lipinski definition) is 3. The molecule has 1 amide bonds. The maximum absolute atomic E-state index is 13.6. The number of sulfonamides is 1. The van der Waals surface area contributed by atoms with Gasteiger partial charge in [0.2, 0.25) is 0 Å². The number of rotatable bonds is 7. The number of carbonyl (C=O) groups is 1. The molecule has 0 fully saturated rings. The monoisotopic (exact) mass is 504 g/mol. The Morgan fingerprint density at radius 3 is 2.17 bits per heavy atom. The largest absolute Gasteiger partial charge is 0.322 e. The van der Waals surface area contributed by atoms with E-state index >= 15 is 0 Å². The summed E-state index contributed by atoms with van der Waals surface area (Å²) in [6.45, 7) is 3.86. The number of nitrogens with one attached hydrogen (secondary N) is 1. The molecule has 0 radical (unpaired) electrons. The molecule has 0 saturated heterocycles. The second-order valence-corrected chi connectivity index (χ2v) is 10.5. The summed E-state index contributed by atoms with van der Waals surface area (Å²) in [5.74, 6) is -0.231. The number of amides is 1. The molecule has 1 N–H and O–H groups in total. The van der Waals surface area contributed by atoms with Crippen LogP contribution in [-0.2, 0) is 16.6 Å². The van der Waals surface area contributed by atoms with E-state index in [9.17, 15) is 13.2 Å². The van der Waals surface area contributed by atoms with Crippen LogP contribution < -0.4 is 9.62 Å². The Morgan fingerprint density at radius 2 is 1.49 bits per heavy atom. The van der Waals surface area contributed by atoms with Crippen molar-refractivity contribution in [1.82, 2.24) is 0 Å². The molecular weight excluding hydrogens is 480 g/mol. The average molecular weight is 505 g/mol. The molecule has 4 rings (SSSR count). The Kier molecular flexibility index (Phi) is 7.24. The van der Waals surface area contributed by atoms with Crippen LogP contribution in [0.5, 0.6) is 0 Å². The van der Waals surface area contributed by atoms with Crippen LogP contribution in [0.3, 0.4) is 0 Å². The molecule has 0 spiro atoms. The molecule has 5 nitrogen and oxygen atoms in total. The third-order valence-corrected chi connectivity index (χ3v) is 7.72. The van der Waals surface area contributed by atoms with Gasteiger partial charge in [0.1, 0.15) is 0 Å². The second kappa shape index (κ2) is 10.3. The van der Waals surface area contributed by atoms with Crippen LogP contribution in [0.25, 0.3) is 0 Å². The van der Waals surface area contributed by atoms with Crippen molar-refractivity contribution in [1.29, 1.82) is 0 Å². The summed E-state index contributed by atoms with van der Waals surface area (Å²) in [7, 11) is -3.87. The Morgan fingerprint density at radius 1 is 0.829 bits per heavy atom. The zero-order valence-corrected chi connectivity index (χ0v) is 21.0. The zero-order valence-electron chi connectivity index (χ0n) is 19.4. The lowest BCUT2D eigenvalue weighted by Gasteiger charge is -2.26. The molecule has 7 heteroatoms. The summed E-state index contributed by atoms with van der Waals surface area (Å²) in [6.07, 6.45) is 0. The van der Waals surface area contributed by atoms with Crippen molar-refractivity contribution in [2.45, 2.75) is 25.3 Å². The minimum absolute atomic E-state index is 0.0815. The van der Waals surface area contributed by atoms with Gasteiger partial charge in [0.25, 0.3) is 15.9 Å². The standard InChI is InChI=1S/C28H25ClN2O3S/c1-20-8-6-7-11-26(20)30-28(32)23-15-13-22(14-16-23)19-31(27-18-24(29)17-12-21(27)2)35(33,34)25-9-4-3-5-10-25/h3-18H,19H2,1-2H3,(H,30,32). The molecule has 0 aliphatic heterocycles. The summed E-state index contributed by atoms with van der Waals surface area (Å²) in [5, 5.41) is 3.36. The van der Waals surface area contributed by atoms with Crippen molar-refractivity contribution in [3.8, 4) is 0 Å². The molecule has 0 aliphatic rings. The van der Waals surface area contributed by atoms with Gasteiger partial charge in [0.05, 0.1) is 17.1 Å². The highest BCUT2D eigenvalue weighted by atomic mass is 35.5. The van der Waals surface area contributed by atoms with Gasteiger partial charge < -0.3 is 5.32 Å². The Hall–Kier alpha value is -3.61. The first kappa shape index (κ1) is 24.5. The van der Waals surface area contributed by atoms with Gasteiger partial charge in [-0.1, -0.05) is 66.2 Å². The smallest absolute Gasteiger partial charge is 0.264 e. The van der Waals surface area contributed by atoms with Crippen LogP contribution >= 0.6 is 11.6 Å². The van der Waals surface area contributed by atoms with Crippen molar-refractivity contribution < 1.29 is 13.2 Å². The number of nitrogens with zero attached hydrogens (tertiary/aromatic N) is 1. The highest BCUT2D eigenvalue weighted by molar-refractivity contribution is 7.92. The second-order valence-electron chi connectivity index (χ2n) is 8.22. The highest BCUT2D eigenvalue weighted by Crippen LogP contribution is 2.31. The van der Waals surface area contributed by atoms with E-state index in [1.807, 2.05) is 38.1 Å². The van der Waals surface area contributed by atoms with E-state index in [4.69, 9.17) is 11.6 Å². The molecule has 178 valence electrons. The average Bonchev–Trinajstić information content (AvgIpc) is 2.86. The molecule has 0 aromatic heterocycles. The fraction of sp³-hybridized carbons (Fsp3) is 0.107. The SMILES string of the molecule is Cc1ccccc1NC(=O)c1ccc(CN(c2cc(Cl)ccc2C)S(=O)(=O)c2ccccc2)cc1. The van der Waals surface area contributed by atoms with E-state index in [0.717, 1.165) is 22.4 Å². The van der Waals surface area contributed by atoms with Gasteiger partial charge in [0.15, 0.2) is 0 Å². The fourth-order valence-corrected chi connectivity index (χ4v) is 5.40. The normalized spacial score (nSPS) is 11.2. The van der Waals surface area contributed by atoms with E-state index < -0.39 is 10.0 Å². The van der Waals surface area contributed by atoms with Crippen molar-refractivity contribution >= 4 is 38.9 Å². The van der Waals surface area contributed by atoms with Crippen molar-refractivity contribution in [3.63, 3.8) is 0 Å². The van der Waals surface area contributed by atoms with E-state index in [2.05, 4.69) is 5.32 Å². The van der Waals surface area contributed by atoms with Crippen molar-refractivity contribution in [3.05, 3.63) is 124 Å². The van der Waals surface area contributed by atoms with Crippen LogP contribution in [0.15, 0.2) is 102 Å². The molecular formula is C28H25ClN2O3S. The number of hydrogen-bond donors (Lipinski definition) is 1. The maximum atomic E-state index is 13.6. The summed E-state index contributed by atoms with van der Waals surface area (Å²) >= 11 is 6.23. The lowest BCUT2D eigenvalue weighted by molar-refractivity contribution is 0.102. The minimum Gasteiger partial charge on any atom is -0.322 e. The Bertz CT molecular complexity index is 1450. The molecule has 0 atom stereocenters. The van der Waals surface area contributed by atoms with Crippen LogP contribution in [-0.4, -0.2) is 14.3 Å². The third-order valence-electron chi connectivity index (χ3n) is 5.71. The molecule has 0 aliphatic carbocycles. The van der Waals surface area contributed by atoms with Gasteiger partial charge >= 0.3 is 0 Å². The molecule has 4 aromatic rings. The maximum Gasteiger partial charge on any atom is 0.264 e. The van der Waals surface area contributed by atoms with Gasteiger partial charge in [-0.25, -0.2) is 8.42 Å². The van der Waals surface area contributed by atoms with E-state index in [0.29, 0.717) is 16.3 Å². The minimum atomic E-state index is -3.87. The van der Waals surface area contributed by atoms with E-state index in [1.165, 1.54) is 4.31 Å². The number of carbonyl (C=O) groups excluding carboxylic acids is 1. The quantitative estimate of drug-likeness (QED) is 0.308. The van der Waals surface area contributed by atoms with E-state index in [-0.39, 0.29) is 17.3 Å². The lowest BCUT2D eigenvalue weighted by atomic mass is 10.1. The highest BCUT2D eigenvalue weighted by Gasteiger charge is 2.26. The zero-order chi connectivity index (χ0) is 25.0. The fourth-order valence-electron chi connectivity index (χ4n) is 3.71. The molecule has 35 heavy (non-hydrogen) atoms. The van der Waals surface area contributed by atoms with Crippen molar-refractivity contribution in [2.24, 2.45) is 0 Å². The lowest BCUT2D eigenvalue weighted by Crippen LogP contribution is -2.31. The third kappa shape index (κ3) is 5.56. The number of para-hydroxylation sites is 1. The summed E-state index contributed by atoms with van der Waals surface area (Å²) < 4.78 is 28.6. The van der Waals surface area contributed by atoms with Gasteiger partial charge in [-0.2, -0.15) is 0 Å². The van der Waals surface area contributed by atoms with E-state index in [1.54, 1.807) is 72.8 Å². The Labute approximate surface area is 211 Å². The summed E-state index contributed by atoms with van der Waals surface area (Å²) in [6, 6.07) is 28.0. The predicted octanol–water partition coefficient (Wildman–Crippen LogP) is 6.60. The molecule has 0 bridgehead atoms. The number of benzene rings is 4. The van der Waals surface area contributed by atoms with Gasteiger partial charge in [-0.05, 0) is 73.0 Å². The number of aryl methyl sites for hydroxylation is 2. The van der Waals surface area contributed by atoms with Crippen LogP contribution in [0, 0.1) is 13.8 Å². The first-order valence-electron chi connectivity index (χ1n) is 11.1. The van der Waals surface area contributed by atoms with Gasteiger partial charge in [-0.3, -0.25) is 9.10 Å². The van der Waals surface area contributed by atoms with Crippen LogP contribution in [0.4, 0.5) is 11.4 Å². The predicted molar refractivity (Wildman–Crippen MR) is 142 cm³/mol.